The van der Waals surface area contributed by atoms with Gasteiger partial charge in [-0.15, -0.1) is 0 Å². The Balaban J connectivity index is 1.70. The highest BCUT2D eigenvalue weighted by atomic mass is 16.5. The largest absolute Gasteiger partial charge is 0.488 e. The summed E-state index contributed by atoms with van der Waals surface area (Å²) in [5, 5.41) is 5.69. The van der Waals surface area contributed by atoms with Gasteiger partial charge in [-0.3, -0.25) is 9.59 Å². The molecule has 7 heteroatoms. The van der Waals surface area contributed by atoms with E-state index in [9.17, 15) is 14.4 Å². The fraction of sp³-hybridized carbons (Fsp3) is 0.381. The number of rotatable bonds is 7. The summed E-state index contributed by atoms with van der Waals surface area (Å²) in [6.45, 7) is 2.79. The number of esters is 1. The topological polar surface area (TPSA) is 93.7 Å². The van der Waals surface area contributed by atoms with E-state index in [1.165, 1.54) is 6.08 Å². The van der Waals surface area contributed by atoms with Gasteiger partial charge in [0, 0.05) is 30.1 Å². The van der Waals surface area contributed by atoms with E-state index in [4.69, 9.17) is 9.47 Å². The molecule has 1 fully saturated rings. The maximum atomic E-state index is 12.7. The second kappa shape index (κ2) is 9.21. The van der Waals surface area contributed by atoms with Crippen molar-refractivity contribution in [2.45, 2.75) is 25.8 Å². The zero-order chi connectivity index (χ0) is 19.9. The summed E-state index contributed by atoms with van der Waals surface area (Å²) in [4.78, 5) is 36.3. The summed E-state index contributed by atoms with van der Waals surface area (Å²) in [6, 6.07) is 7.01. The Hall–Kier alpha value is -3.09. The lowest BCUT2D eigenvalue weighted by molar-refractivity contribution is -0.137. The number of benzene rings is 1. The van der Waals surface area contributed by atoms with E-state index >= 15 is 0 Å². The quantitative estimate of drug-likeness (QED) is 0.550. The number of amides is 2. The van der Waals surface area contributed by atoms with Crippen LogP contribution in [0.3, 0.4) is 0 Å². The Morgan fingerprint density at radius 1 is 1.39 bits per heavy atom. The van der Waals surface area contributed by atoms with Crippen molar-refractivity contribution in [3.8, 4) is 5.75 Å². The van der Waals surface area contributed by atoms with Gasteiger partial charge in [0.05, 0.1) is 12.2 Å². The molecule has 0 bridgehead atoms. The molecule has 2 unspecified atom stereocenters. The minimum absolute atomic E-state index is 0.0297. The molecular formula is C21H24N2O5. The molecule has 2 atom stereocenters. The van der Waals surface area contributed by atoms with E-state index in [1.807, 2.05) is 24.3 Å². The van der Waals surface area contributed by atoms with Crippen LogP contribution in [0.15, 0.2) is 42.0 Å². The van der Waals surface area contributed by atoms with E-state index in [1.54, 1.807) is 19.1 Å². The third-order valence-electron chi connectivity index (χ3n) is 4.69. The average Bonchev–Trinajstić information content (AvgIpc) is 3.10. The zero-order valence-electron chi connectivity index (χ0n) is 15.8. The van der Waals surface area contributed by atoms with Gasteiger partial charge in [0.15, 0.2) is 0 Å². The minimum Gasteiger partial charge on any atom is -0.488 e. The first-order valence-electron chi connectivity index (χ1n) is 9.42. The molecule has 0 aliphatic carbocycles. The summed E-state index contributed by atoms with van der Waals surface area (Å²) in [5.41, 5.74) is 1.33. The van der Waals surface area contributed by atoms with E-state index in [-0.39, 0.29) is 30.9 Å². The molecule has 3 rings (SSSR count). The lowest BCUT2D eigenvalue weighted by Crippen LogP contribution is -2.38. The number of ether oxygens (including phenoxy) is 2. The zero-order valence-corrected chi connectivity index (χ0v) is 15.8. The van der Waals surface area contributed by atoms with E-state index in [0.717, 1.165) is 11.3 Å². The SMILES string of the molecule is CCOC(=O)/C=C/C(CC1CCNC1=O)NC(=O)C1=Cc2ccccc2OC1. The second-order valence-electron chi connectivity index (χ2n) is 6.70. The predicted octanol–water partition coefficient (Wildman–Crippen LogP) is 1.59. The van der Waals surface area contributed by atoms with Crippen molar-refractivity contribution in [1.82, 2.24) is 10.6 Å². The number of nitrogens with one attached hydrogen (secondary N) is 2. The van der Waals surface area contributed by atoms with Gasteiger partial charge in [-0.05, 0) is 31.9 Å². The Labute approximate surface area is 163 Å². The number of para-hydroxylation sites is 1. The number of carbonyl (C=O) groups is 3. The van der Waals surface area contributed by atoms with Gasteiger partial charge in [-0.1, -0.05) is 24.3 Å². The molecule has 0 aromatic heterocycles. The Kier molecular flexibility index (Phi) is 6.47. The molecule has 148 valence electrons. The monoisotopic (exact) mass is 384 g/mol. The average molecular weight is 384 g/mol. The minimum atomic E-state index is -0.480. The van der Waals surface area contributed by atoms with Crippen LogP contribution in [0.5, 0.6) is 5.75 Å². The Bertz CT molecular complexity index is 815. The Morgan fingerprint density at radius 3 is 2.96 bits per heavy atom. The maximum Gasteiger partial charge on any atom is 0.330 e. The molecule has 28 heavy (non-hydrogen) atoms. The van der Waals surface area contributed by atoms with Crippen molar-refractivity contribution in [1.29, 1.82) is 0 Å². The molecular weight excluding hydrogens is 360 g/mol. The molecule has 7 nitrogen and oxygen atoms in total. The van der Waals surface area contributed by atoms with Crippen LogP contribution < -0.4 is 15.4 Å². The third-order valence-corrected chi connectivity index (χ3v) is 4.69. The fourth-order valence-electron chi connectivity index (χ4n) is 3.26. The van der Waals surface area contributed by atoms with Crippen molar-refractivity contribution >= 4 is 23.9 Å². The first-order valence-corrected chi connectivity index (χ1v) is 9.42. The molecule has 1 aromatic rings. The van der Waals surface area contributed by atoms with Crippen molar-refractivity contribution in [3.05, 3.63) is 47.6 Å². The number of hydrogen-bond donors (Lipinski definition) is 2. The molecule has 2 amide bonds. The van der Waals surface area contributed by atoms with Crippen LogP contribution in [-0.2, 0) is 19.1 Å². The molecule has 2 aliphatic rings. The van der Waals surface area contributed by atoms with Crippen LogP contribution in [0, 0.1) is 5.92 Å². The molecule has 0 radical (unpaired) electrons. The van der Waals surface area contributed by atoms with Gasteiger partial charge in [0.1, 0.15) is 12.4 Å². The highest BCUT2D eigenvalue weighted by Gasteiger charge is 2.28. The van der Waals surface area contributed by atoms with E-state index in [2.05, 4.69) is 10.6 Å². The second-order valence-corrected chi connectivity index (χ2v) is 6.70. The van der Waals surface area contributed by atoms with Crippen molar-refractivity contribution in [3.63, 3.8) is 0 Å². The molecule has 1 aromatic carbocycles. The lowest BCUT2D eigenvalue weighted by Gasteiger charge is -2.21. The summed E-state index contributed by atoms with van der Waals surface area (Å²) >= 11 is 0. The molecule has 2 heterocycles. The van der Waals surface area contributed by atoms with E-state index < -0.39 is 12.0 Å². The van der Waals surface area contributed by atoms with Crippen LogP contribution in [0.2, 0.25) is 0 Å². The highest BCUT2D eigenvalue weighted by molar-refractivity contribution is 5.99. The van der Waals surface area contributed by atoms with Crippen LogP contribution in [0.4, 0.5) is 0 Å². The van der Waals surface area contributed by atoms with Gasteiger partial charge in [-0.2, -0.15) is 0 Å². The van der Waals surface area contributed by atoms with Gasteiger partial charge in [0.2, 0.25) is 5.91 Å². The van der Waals surface area contributed by atoms with E-state index in [0.29, 0.717) is 25.0 Å². The predicted molar refractivity (Wildman–Crippen MR) is 103 cm³/mol. The fourth-order valence-corrected chi connectivity index (χ4v) is 3.26. The third kappa shape index (κ3) is 5.00. The summed E-state index contributed by atoms with van der Waals surface area (Å²) in [5.74, 6) is -0.258. The number of fused-ring (bicyclic) bond motifs is 1. The van der Waals surface area contributed by atoms with Crippen LogP contribution in [0.1, 0.15) is 25.3 Å². The van der Waals surface area contributed by atoms with Gasteiger partial charge in [-0.25, -0.2) is 4.79 Å². The normalized spacial score (nSPS) is 19.2. The number of carbonyl (C=O) groups excluding carboxylic acids is 3. The molecule has 0 spiro atoms. The first kappa shape index (κ1) is 19.7. The van der Waals surface area contributed by atoms with Crippen molar-refractivity contribution in [2.75, 3.05) is 19.8 Å². The van der Waals surface area contributed by atoms with Crippen LogP contribution >= 0.6 is 0 Å². The van der Waals surface area contributed by atoms with Crippen LogP contribution in [0.25, 0.3) is 6.08 Å². The summed E-state index contributed by atoms with van der Waals surface area (Å²) in [7, 11) is 0. The van der Waals surface area contributed by atoms with Gasteiger partial charge < -0.3 is 20.1 Å². The molecule has 0 saturated carbocycles. The number of hydrogen-bond acceptors (Lipinski definition) is 5. The Morgan fingerprint density at radius 2 is 2.21 bits per heavy atom. The molecule has 2 aliphatic heterocycles. The molecule has 2 N–H and O–H groups in total. The van der Waals surface area contributed by atoms with Crippen molar-refractivity contribution < 1.29 is 23.9 Å². The van der Waals surface area contributed by atoms with Crippen LogP contribution in [-0.4, -0.2) is 43.6 Å². The lowest BCUT2D eigenvalue weighted by atomic mass is 9.97. The molecule has 1 saturated heterocycles. The first-order chi connectivity index (χ1) is 13.6. The smallest absolute Gasteiger partial charge is 0.330 e. The highest BCUT2D eigenvalue weighted by Crippen LogP contribution is 2.26. The maximum absolute atomic E-state index is 12.7. The summed E-state index contributed by atoms with van der Waals surface area (Å²) in [6.07, 6.45) is 5.79. The van der Waals surface area contributed by atoms with Gasteiger partial charge >= 0.3 is 5.97 Å². The standard InChI is InChI=1S/C21H24N2O5/c1-2-27-19(24)8-7-17(12-15-9-10-22-20(15)25)23-21(26)16-11-14-5-3-4-6-18(14)28-13-16/h3-8,11,15,17H,2,9-10,12-13H2,1H3,(H,22,25)(H,23,26)/b8-7+. The van der Waals surface area contributed by atoms with Gasteiger partial charge in [0.25, 0.3) is 5.91 Å². The summed E-state index contributed by atoms with van der Waals surface area (Å²) < 4.78 is 10.5. The van der Waals surface area contributed by atoms with Crippen molar-refractivity contribution in [2.24, 2.45) is 5.92 Å².